The monoisotopic (exact) mass is 549 g/mol. The van der Waals surface area contributed by atoms with E-state index in [1.54, 1.807) is 0 Å². The molecule has 0 spiro atoms. The van der Waals surface area contributed by atoms with E-state index in [0.29, 0.717) is 5.95 Å². The number of anilines is 3. The average Bonchev–Trinajstić information content (AvgIpc) is 3.39. The minimum atomic E-state index is 0.609. The molecule has 5 heteroatoms. The van der Waals surface area contributed by atoms with Gasteiger partial charge in [0.05, 0.1) is 33.6 Å². The highest BCUT2D eigenvalue weighted by Gasteiger charge is 2.32. The van der Waals surface area contributed by atoms with E-state index >= 15 is 0 Å². The summed E-state index contributed by atoms with van der Waals surface area (Å²) in [5.74, 6) is 1.38. The third kappa shape index (κ3) is 3.08. The molecule has 0 saturated carbocycles. The summed E-state index contributed by atoms with van der Waals surface area (Å²) in [6, 6.07) is 45.0. The van der Waals surface area contributed by atoms with Crippen LogP contribution in [0.2, 0.25) is 0 Å². The van der Waals surface area contributed by atoms with Crippen molar-refractivity contribution in [2.45, 2.75) is 6.42 Å². The normalized spacial score (nSPS) is 13.0. The lowest BCUT2D eigenvalue weighted by molar-refractivity contribution is 1.00. The Morgan fingerprint density at radius 2 is 1.26 bits per heavy atom. The van der Waals surface area contributed by atoms with E-state index in [9.17, 15) is 0 Å². The van der Waals surface area contributed by atoms with Gasteiger partial charge >= 0.3 is 0 Å². The molecule has 3 heterocycles. The zero-order chi connectivity index (χ0) is 28.1. The maximum absolute atomic E-state index is 5.42. The van der Waals surface area contributed by atoms with Gasteiger partial charge in [0.15, 0.2) is 0 Å². The number of para-hydroxylation sites is 2. The van der Waals surface area contributed by atoms with Crippen molar-refractivity contribution in [2.75, 3.05) is 4.90 Å². The zero-order valence-electron chi connectivity index (χ0n) is 23.1. The first kappa shape index (κ1) is 22.8. The molecule has 1 aliphatic carbocycles. The van der Waals surface area contributed by atoms with Crippen molar-refractivity contribution in [1.29, 1.82) is 0 Å². The molecule has 200 valence electrons. The minimum Gasteiger partial charge on any atom is -0.277 e. The topological polar surface area (TPSA) is 46.8 Å². The first-order valence-electron chi connectivity index (χ1n) is 14.6. The van der Waals surface area contributed by atoms with Gasteiger partial charge in [-0.15, -0.1) is 0 Å². The van der Waals surface area contributed by atoms with Crippen LogP contribution in [0.15, 0.2) is 127 Å². The van der Waals surface area contributed by atoms with Gasteiger partial charge in [-0.3, -0.25) is 4.57 Å². The summed E-state index contributed by atoms with van der Waals surface area (Å²) in [5.41, 5.74) is 12.0. The number of benzene rings is 6. The lowest BCUT2D eigenvalue weighted by atomic mass is 9.88. The standard InChI is InChI=1S/C38H23N5/c1-3-13-26-23(10-1)20-21-33-35(26)41-38-42(33)31-18-7-5-15-28(31)29-16-6-8-19-32(29)43(38)37-39-30-17-9-12-25-22-24-11-2-4-14-27(24)36(40-37)34(25)30/h1-21H,22H2. The number of hydrogen-bond acceptors (Lipinski definition) is 4. The van der Waals surface area contributed by atoms with Gasteiger partial charge in [-0.2, -0.15) is 0 Å². The summed E-state index contributed by atoms with van der Waals surface area (Å²) < 4.78 is 2.28. The molecule has 6 aromatic carbocycles. The smallest absolute Gasteiger partial charge is 0.238 e. The number of hydrogen-bond donors (Lipinski definition) is 0. The van der Waals surface area contributed by atoms with Gasteiger partial charge in [-0.25, -0.2) is 19.9 Å². The quantitative estimate of drug-likeness (QED) is 0.205. The summed E-state index contributed by atoms with van der Waals surface area (Å²) in [7, 11) is 0. The number of rotatable bonds is 1. The van der Waals surface area contributed by atoms with Crippen LogP contribution in [0.1, 0.15) is 11.1 Å². The van der Waals surface area contributed by atoms with Crippen molar-refractivity contribution in [1.82, 2.24) is 19.5 Å². The lowest BCUT2D eigenvalue weighted by Gasteiger charge is -2.25. The fourth-order valence-corrected chi connectivity index (χ4v) is 7.08. The fraction of sp³-hybridized carbons (Fsp3) is 0.0263. The zero-order valence-corrected chi connectivity index (χ0v) is 23.1. The van der Waals surface area contributed by atoms with Gasteiger partial charge < -0.3 is 0 Å². The fourth-order valence-electron chi connectivity index (χ4n) is 7.08. The molecule has 8 aromatic rings. The Kier molecular flexibility index (Phi) is 4.44. The molecule has 0 atom stereocenters. The second-order valence-electron chi connectivity index (χ2n) is 11.3. The molecular formula is C38H23N5. The van der Waals surface area contributed by atoms with E-state index in [1.807, 2.05) is 0 Å². The van der Waals surface area contributed by atoms with Crippen molar-refractivity contribution < 1.29 is 0 Å². The SMILES string of the molecule is c1ccc2c(c1)Cc1cccc3nc(N4c5ccccc5-c5ccccc5-n5c4nc4c6ccccc6ccc45)nc-2c13. The van der Waals surface area contributed by atoms with Gasteiger partial charge in [-0.1, -0.05) is 103 Å². The van der Waals surface area contributed by atoms with E-state index in [0.717, 1.165) is 67.9 Å². The van der Waals surface area contributed by atoms with Crippen molar-refractivity contribution >= 4 is 50.3 Å². The van der Waals surface area contributed by atoms with Crippen molar-refractivity contribution in [3.05, 3.63) is 139 Å². The molecule has 0 fully saturated rings. The number of fused-ring (bicyclic) bond motifs is 11. The highest BCUT2D eigenvalue weighted by Crippen LogP contribution is 2.48. The van der Waals surface area contributed by atoms with E-state index < -0.39 is 0 Å². The molecule has 0 N–H and O–H groups in total. The summed E-state index contributed by atoms with van der Waals surface area (Å²) in [5, 5.41) is 3.43. The summed E-state index contributed by atoms with van der Waals surface area (Å²) >= 11 is 0. The van der Waals surface area contributed by atoms with Gasteiger partial charge in [0.2, 0.25) is 11.9 Å². The van der Waals surface area contributed by atoms with Crippen LogP contribution in [0.3, 0.4) is 0 Å². The molecule has 0 bridgehead atoms. The van der Waals surface area contributed by atoms with Crippen LogP contribution in [0.5, 0.6) is 0 Å². The van der Waals surface area contributed by atoms with E-state index in [1.165, 1.54) is 22.1 Å². The van der Waals surface area contributed by atoms with E-state index in [-0.39, 0.29) is 0 Å². The summed E-state index contributed by atoms with van der Waals surface area (Å²) in [6.07, 6.45) is 0.883. The predicted molar refractivity (Wildman–Crippen MR) is 174 cm³/mol. The average molecular weight is 550 g/mol. The number of aromatic nitrogens is 4. The highest BCUT2D eigenvalue weighted by molar-refractivity contribution is 6.08. The number of nitrogens with zero attached hydrogens (tertiary/aromatic N) is 5. The molecule has 2 aliphatic rings. The Bertz CT molecular complexity index is 2450. The lowest BCUT2D eigenvalue weighted by Crippen LogP contribution is -2.18. The molecule has 0 amide bonds. The van der Waals surface area contributed by atoms with Gasteiger partial charge in [0.25, 0.3) is 0 Å². The Labute approximate surface area is 247 Å². The molecule has 0 saturated heterocycles. The first-order valence-corrected chi connectivity index (χ1v) is 14.6. The maximum Gasteiger partial charge on any atom is 0.238 e. The molecule has 5 nitrogen and oxygen atoms in total. The molecule has 0 radical (unpaired) electrons. The molecule has 0 unspecified atom stereocenters. The number of imidazole rings is 1. The highest BCUT2D eigenvalue weighted by atomic mass is 15.4. The van der Waals surface area contributed by atoms with Crippen molar-refractivity contribution in [2.24, 2.45) is 0 Å². The van der Waals surface area contributed by atoms with Gasteiger partial charge in [0, 0.05) is 27.5 Å². The van der Waals surface area contributed by atoms with Crippen LogP contribution in [0, 0.1) is 0 Å². The Morgan fingerprint density at radius 1 is 0.535 bits per heavy atom. The van der Waals surface area contributed by atoms with Crippen LogP contribution in [-0.2, 0) is 6.42 Å². The third-order valence-electron chi connectivity index (χ3n) is 8.96. The maximum atomic E-state index is 5.42. The summed E-state index contributed by atoms with van der Waals surface area (Å²) in [4.78, 5) is 18.2. The van der Waals surface area contributed by atoms with Crippen LogP contribution in [-0.4, -0.2) is 19.5 Å². The second-order valence-corrected chi connectivity index (χ2v) is 11.3. The van der Waals surface area contributed by atoms with Crippen LogP contribution >= 0.6 is 0 Å². The molecule has 10 rings (SSSR count). The van der Waals surface area contributed by atoms with Crippen LogP contribution in [0.25, 0.3) is 60.8 Å². The van der Waals surface area contributed by atoms with Gasteiger partial charge in [0.1, 0.15) is 0 Å². The van der Waals surface area contributed by atoms with E-state index in [4.69, 9.17) is 15.0 Å². The third-order valence-corrected chi connectivity index (χ3v) is 8.96. The Hall–Kier alpha value is -5.81. The first-order chi connectivity index (χ1) is 21.3. The van der Waals surface area contributed by atoms with Crippen LogP contribution < -0.4 is 4.90 Å². The Balaban J connectivity index is 1.36. The summed E-state index contributed by atoms with van der Waals surface area (Å²) in [6.45, 7) is 0. The second kappa shape index (κ2) is 8.37. The van der Waals surface area contributed by atoms with Crippen molar-refractivity contribution in [3.8, 4) is 28.1 Å². The largest absolute Gasteiger partial charge is 0.277 e. The molecule has 1 aliphatic heterocycles. The molecular weight excluding hydrogens is 526 g/mol. The molecule has 43 heavy (non-hydrogen) atoms. The van der Waals surface area contributed by atoms with E-state index in [2.05, 4.69) is 137 Å². The predicted octanol–water partition coefficient (Wildman–Crippen LogP) is 9.14. The molecule has 2 aromatic heterocycles. The minimum absolute atomic E-state index is 0.609. The van der Waals surface area contributed by atoms with Gasteiger partial charge in [-0.05, 0) is 47.2 Å². The Morgan fingerprint density at radius 3 is 2.16 bits per heavy atom. The van der Waals surface area contributed by atoms with Crippen molar-refractivity contribution in [3.63, 3.8) is 0 Å². The van der Waals surface area contributed by atoms with Crippen LogP contribution in [0.4, 0.5) is 17.6 Å².